The van der Waals surface area contributed by atoms with Crippen molar-refractivity contribution in [1.29, 1.82) is 0 Å². The van der Waals surface area contributed by atoms with E-state index in [1.54, 1.807) is 11.3 Å². The fourth-order valence-corrected chi connectivity index (χ4v) is 4.58. The van der Waals surface area contributed by atoms with Crippen molar-refractivity contribution in [1.82, 2.24) is 4.90 Å². The van der Waals surface area contributed by atoms with E-state index in [4.69, 9.17) is 0 Å². The third kappa shape index (κ3) is 2.40. The third-order valence-electron chi connectivity index (χ3n) is 4.68. The summed E-state index contributed by atoms with van der Waals surface area (Å²) in [5.41, 5.74) is 1.80. The van der Waals surface area contributed by atoms with Gasteiger partial charge in [-0.1, -0.05) is 13.0 Å². The molecule has 3 rings (SSSR count). The van der Waals surface area contributed by atoms with Crippen molar-refractivity contribution in [2.75, 3.05) is 0 Å². The Bertz CT molecular complexity index is 498. The minimum Gasteiger partial charge on any atom is -0.332 e. The van der Waals surface area contributed by atoms with Crippen molar-refractivity contribution in [3.8, 4) is 0 Å². The van der Waals surface area contributed by atoms with Crippen molar-refractivity contribution in [2.45, 2.75) is 44.7 Å². The number of carbonyl (C=O) groups is 1. The van der Waals surface area contributed by atoms with E-state index in [-0.39, 0.29) is 5.91 Å². The fourth-order valence-electron chi connectivity index (χ4n) is 3.36. The molecule has 2 saturated carbocycles. The van der Waals surface area contributed by atoms with E-state index < -0.39 is 0 Å². The second kappa shape index (κ2) is 5.06. The summed E-state index contributed by atoms with van der Waals surface area (Å²) in [5, 5.41) is 2.06. The number of halogens is 1. The lowest BCUT2D eigenvalue weighted by Crippen LogP contribution is -2.54. The van der Waals surface area contributed by atoms with Gasteiger partial charge in [-0.25, -0.2) is 0 Å². The summed E-state index contributed by atoms with van der Waals surface area (Å²) in [6, 6.07) is 2.51. The molecule has 1 heterocycles. The maximum absolute atomic E-state index is 12.1. The largest absolute Gasteiger partial charge is 0.332 e. The van der Waals surface area contributed by atoms with E-state index in [0.717, 1.165) is 3.79 Å². The second-order valence-electron chi connectivity index (χ2n) is 5.81. The molecule has 1 spiro atoms. The second-order valence-corrected chi connectivity index (χ2v) is 8.04. The zero-order chi connectivity index (χ0) is 13.5. The van der Waals surface area contributed by atoms with Crippen LogP contribution in [0.1, 0.15) is 37.7 Å². The van der Waals surface area contributed by atoms with Crippen molar-refractivity contribution in [2.24, 2.45) is 5.41 Å². The quantitative estimate of drug-likeness (QED) is 0.746. The van der Waals surface area contributed by atoms with Crippen LogP contribution in [0.3, 0.4) is 0 Å². The van der Waals surface area contributed by atoms with Crippen LogP contribution in [0.15, 0.2) is 27.9 Å². The minimum atomic E-state index is 0.0669. The maximum Gasteiger partial charge on any atom is 0.246 e. The lowest BCUT2D eigenvalue weighted by Gasteiger charge is -2.57. The normalized spacial score (nSPS) is 20.7. The van der Waals surface area contributed by atoms with Gasteiger partial charge in [0.2, 0.25) is 5.91 Å². The number of rotatable bonds is 4. The zero-order valence-corrected chi connectivity index (χ0v) is 13.3. The molecule has 0 aromatic carbocycles. The van der Waals surface area contributed by atoms with Gasteiger partial charge in [0.25, 0.3) is 0 Å². The molecule has 2 aliphatic carbocycles. The van der Waals surface area contributed by atoms with E-state index >= 15 is 0 Å². The van der Waals surface area contributed by atoms with Crippen LogP contribution in [0.4, 0.5) is 0 Å². The van der Waals surface area contributed by atoms with Crippen molar-refractivity contribution in [3.63, 3.8) is 0 Å². The number of hydrogen-bond donors (Lipinski definition) is 0. The van der Waals surface area contributed by atoms with E-state index in [1.807, 2.05) is 4.90 Å². The summed E-state index contributed by atoms with van der Waals surface area (Å²) in [7, 11) is 0. The Morgan fingerprint density at radius 2 is 2.32 bits per heavy atom. The van der Waals surface area contributed by atoms with Gasteiger partial charge in [-0.2, -0.15) is 0 Å². The molecule has 0 aliphatic heterocycles. The third-order valence-corrected chi connectivity index (χ3v) is 6.50. The predicted octanol–water partition coefficient (Wildman–Crippen LogP) is 4.36. The first-order valence-electron chi connectivity index (χ1n) is 6.78. The Hall–Kier alpha value is -0.610. The van der Waals surface area contributed by atoms with Gasteiger partial charge in [-0.3, -0.25) is 4.79 Å². The summed E-state index contributed by atoms with van der Waals surface area (Å²) in [4.78, 5) is 14.1. The first-order valence-corrected chi connectivity index (χ1v) is 8.46. The van der Waals surface area contributed by atoms with Crippen LogP contribution in [-0.4, -0.2) is 16.8 Å². The van der Waals surface area contributed by atoms with Crippen LogP contribution in [0.5, 0.6) is 0 Å². The molecule has 102 valence electrons. The van der Waals surface area contributed by atoms with Crippen LogP contribution in [0.25, 0.3) is 0 Å². The minimum absolute atomic E-state index is 0.0669. The summed E-state index contributed by atoms with van der Waals surface area (Å²) >= 11 is 5.23. The average molecular weight is 340 g/mol. The molecule has 4 heteroatoms. The van der Waals surface area contributed by atoms with Crippen molar-refractivity contribution >= 4 is 33.2 Å². The Morgan fingerprint density at radius 3 is 2.79 bits per heavy atom. The first kappa shape index (κ1) is 13.4. The number of hydrogen-bond acceptors (Lipinski definition) is 2. The highest BCUT2D eigenvalue weighted by molar-refractivity contribution is 9.11. The molecule has 0 atom stereocenters. The summed E-state index contributed by atoms with van der Waals surface area (Å²) in [6.45, 7) is 4.35. The van der Waals surface area contributed by atoms with Gasteiger partial charge in [0.15, 0.2) is 0 Å². The molecule has 2 aliphatic rings. The molecule has 0 unspecified atom stereocenters. The van der Waals surface area contributed by atoms with Crippen LogP contribution >= 0.6 is 27.3 Å². The number of thiophene rings is 1. The highest BCUT2D eigenvalue weighted by Crippen LogP contribution is 2.57. The molecule has 1 aromatic heterocycles. The maximum atomic E-state index is 12.1. The fraction of sp³-hybridized carbons (Fsp3) is 0.533. The lowest BCUT2D eigenvalue weighted by atomic mass is 9.54. The van der Waals surface area contributed by atoms with E-state index in [2.05, 4.69) is 34.0 Å². The molecule has 1 aromatic rings. The highest BCUT2D eigenvalue weighted by Gasteiger charge is 2.50. The molecule has 0 bridgehead atoms. The lowest BCUT2D eigenvalue weighted by molar-refractivity contribution is -0.138. The zero-order valence-electron chi connectivity index (χ0n) is 10.9. The van der Waals surface area contributed by atoms with E-state index in [0.29, 0.717) is 18.0 Å². The van der Waals surface area contributed by atoms with E-state index in [1.165, 1.54) is 43.7 Å². The predicted molar refractivity (Wildman–Crippen MR) is 82.1 cm³/mol. The Kier molecular flexibility index (Phi) is 3.56. The molecule has 1 amide bonds. The molecule has 2 fully saturated rings. The summed E-state index contributed by atoms with van der Waals surface area (Å²) in [6.07, 6.45) is 7.93. The Balaban J connectivity index is 1.70. The van der Waals surface area contributed by atoms with E-state index in [9.17, 15) is 4.79 Å². The summed E-state index contributed by atoms with van der Waals surface area (Å²) < 4.78 is 1.13. The van der Waals surface area contributed by atoms with Crippen LogP contribution in [-0.2, 0) is 11.3 Å². The number of amides is 1. The Morgan fingerprint density at radius 1 is 1.58 bits per heavy atom. The Labute approximate surface area is 126 Å². The standard InChI is InChI=1S/C15H18BrNOS/c1-2-13(18)17(10-11-4-7-19-14(11)16)12-8-15(9-12)5-3-6-15/h2,4,7,12H,1,3,5-6,8-10H2. The van der Waals surface area contributed by atoms with Crippen LogP contribution < -0.4 is 0 Å². The molecule has 0 N–H and O–H groups in total. The van der Waals surface area contributed by atoms with Gasteiger partial charge in [0.05, 0.1) is 3.79 Å². The number of nitrogens with zero attached hydrogens (tertiary/aromatic N) is 1. The average Bonchev–Trinajstić information content (AvgIpc) is 2.69. The molecular weight excluding hydrogens is 322 g/mol. The highest BCUT2D eigenvalue weighted by atomic mass is 79.9. The molecule has 2 nitrogen and oxygen atoms in total. The van der Waals surface area contributed by atoms with Crippen LogP contribution in [0, 0.1) is 5.41 Å². The monoisotopic (exact) mass is 339 g/mol. The molecular formula is C15H18BrNOS. The van der Waals surface area contributed by atoms with Gasteiger partial charge in [-0.15, -0.1) is 11.3 Å². The topological polar surface area (TPSA) is 20.3 Å². The van der Waals surface area contributed by atoms with Gasteiger partial charge in [0, 0.05) is 12.6 Å². The SMILES string of the molecule is C=CC(=O)N(Cc1ccsc1Br)C1CC2(CCC2)C1. The number of carbonyl (C=O) groups excluding carboxylic acids is 1. The van der Waals surface area contributed by atoms with Gasteiger partial charge in [0.1, 0.15) is 0 Å². The van der Waals surface area contributed by atoms with Gasteiger partial charge < -0.3 is 4.90 Å². The first-order chi connectivity index (χ1) is 9.13. The summed E-state index contributed by atoms with van der Waals surface area (Å²) in [5.74, 6) is 0.0669. The van der Waals surface area contributed by atoms with Gasteiger partial charge >= 0.3 is 0 Å². The molecule has 0 radical (unpaired) electrons. The van der Waals surface area contributed by atoms with Crippen molar-refractivity contribution < 1.29 is 4.79 Å². The van der Waals surface area contributed by atoms with Crippen LogP contribution in [0.2, 0.25) is 0 Å². The smallest absolute Gasteiger partial charge is 0.246 e. The van der Waals surface area contributed by atoms with Crippen molar-refractivity contribution in [3.05, 3.63) is 33.5 Å². The molecule has 19 heavy (non-hydrogen) atoms. The molecule has 0 saturated heterocycles. The van der Waals surface area contributed by atoms with Gasteiger partial charge in [-0.05, 0) is 70.1 Å².